The van der Waals surface area contributed by atoms with E-state index in [0.717, 1.165) is 63.8 Å². The Kier molecular flexibility index (Phi) is 8.81. The highest BCUT2D eigenvalue weighted by Gasteiger charge is 2.28. The van der Waals surface area contributed by atoms with Gasteiger partial charge in [-0.2, -0.15) is 0 Å². The molecule has 1 N–H and O–H groups in total. The van der Waals surface area contributed by atoms with Gasteiger partial charge >= 0.3 is 0 Å². The topological polar surface area (TPSA) is 84.4 Å². The Morgan fingerprint density at radius 3 is 2.55 bits per heavy atom. The Hall–Kier alpha value is -2.02. The van der Waals surface area contributed by atoms with Gasteiger partial charge in [-0.05, 0) is 71.6 Å². The summed E-state index contributed by atoms with van der Waals surface area (Å²) in [6, 6.07) is 0. The second-order valence-corrected chi connectivity index (χ2v) is 8.89. The predicted molar refractivity (Wildman–Crippen MR) is 120 cm³/mol. The minimum atomic E-state index is 0.0284. The molecule has 3 rings (SSSR count). The van der Waals surface area contributed by atoms with Gasteiger partial charge in [0.25, 0.3) is 5.91 Å². The van der Waals surface area contributed by atoms with Crippen LogP contribution in [-0.4, -0.2) is 59.0 Å². The predicted octanol–water partition coefficient (Wildman–Crippen LogP) is 3.62. The lowest BCUT2D eigenvalue weighted by molar-refractivity contribution is -0.121. The van der Waals surface area contributed by atoms with Crippen molar-refractivity contribution in [3.8, 4) is 0 Å². The van der Waals surface area contributed by atoms with E-state index >= 15 is 0 Å². The average molecular weight is 431 g/mol. The van der Waals surface area contributed by atoms with E-state index in [1.807, 2.05) is 25.7 Å². The van der Waals surface area contributed by atoms with E-state index in [4.69, 9.17) is 4.74 Å². The summed E-state index contributed by atoms with van der Waals surface area (Å²) in [4.78, 5) is 36.0. The smallest absolute Gasteiger partial charge is 0.257 e. The first kappa shape index (κ1) is 23.6. The molecule has 172 valence electrons. The fourth-order valence-electron chi connectivity index (χ4n) is 4.80. The zero-order chi connectivity index (χ0) is 22.2. The highest BCUT2D eigenvalue weighted by molar-refractivity contribution is 5.95. The van der Waals surface area contributed by atoms with Crippen LogP contribution in [0.4, 0.5) is 0 Å². The molecule has 2 fully saturated rings. The van der Waals surface area contributed by atoms with Crippen molar-refractivity contribution in [2.24, 2.45) is 5.92 Å². The van der Waals surface area contributed by atoms with E-state index in [2.05, 4.69) is 15.3 Å². The van der Waals surface area contributed by atoms with Gasteiger partial charge in [-0.15, -0.1) is 0 Å². The molecule has 0 spiro atoms. The fourth-order valence-corrected chi connectivity index (χ4v) is 4.80. The zero-order valence-electron chi connectivity index (χ0n) is 19.4. The van der Waals surface area contributed by atoms with Crippen LogP contribution < -0.4 is 5.32 Å². The summed E-state index contributed by atoms with van der Waals surface area (Å²) in [6.45, 7) is 8.82. The molecule has 2 aliphatic rings. The van der Waals surface area contributed by atoms with Crippen molar-refractivity contribution in [3.05, 3.63) is 23.3 Å². The van der Waals surface area contributed by atoms with Crippen LogP contribution in [0.15, 0.2) is 6.20 Å². The van der Waals surface area contributed by atoms with Crippen LogP contribution in [0.2, 0.25) is 0 Å². The van der Waals surface area contributed by atoms with Gasteiger partial charge in [0.05, 0.1) is 17.4 Å². The van der Waals surface area contributed by atoms with Gasteiger partial charge in [0.15, 0.2) is 0 Å². The largest absolute Gasteiger partial charge is 0.378 e. The third-order valence-electron chi connectivity index (χ3n) is 6.76. The molecular weight excluding hydrogens is 392 g/mol. The first-order valence-corrected chi connectivity index (χ1v) is 12.0. The van der Waals surface area contributed by atoms with Crippen LogP contribution in [0.1, 0.15) is 93.0 Å². The third kappa shape index (κ3) is 6.48. The highest BCUT2D eigenvalue weighted by atomic mass is 16.5. The van der Waals surface area contributed by atoms with Crippen LogP contribution in [-0.2, 0) is 9.53 Å². The molecule has 0 aromatic carbocycles. The summed E-state index contributed by atoms with van der Waals surface area (Å²) in [5.74, 6) is 1.65. The van der Waals surface area contributed by atoms with Gasteiger partial charge < -0.3 is 15.0 Å². The van der Waals surface area contributed by atoms with E-state index in [0.29, 0.717) is 36.8 Å². The van der Waals surface area contributed by atoms with Crippen molar-refractivity contribution in [1.29, 1.82) is 0 Å². The van der Waals surface area contributed by atoms with Crippen molar-refractivity contribution in [3.63, 3.8) is 0 Å². The number of aryl methyl sites for hydroxylation is 1. The third-order valence-corrected chi connectivity index (χ3v) is 6.76. The van der Waals surface area contributed by atoms with Crippen molar-refractivity contribution < 1.29 is 14.3 Å². The molecule has 0 radical (unpaired) electrons. The summed E-state index contributed by atoms with van der Waals surface area (Å²) in [6.07, 6.45) is 9.62. The minimum Gasteiger partial charge on any atom is -0.378 e. The van der Waals surface area contributed by atoms with Crippen molar-refractivity contribution in [2.45, 2.75) is 84.2 Å². The molecule has 1 aromatic heterocycles. The van der Waals surface area contributed by atoms with Gasteiger partial charge in [0.1, 0.15) is 5.82 Å². The monoisotopic (exact) mass is 430 g/mol. The molecule has 31 heavy (non-hydrogen) atoms. The van der Waals surface area contributed by atoms with Crippen LogP contribution in [0.25, 0.3) is 0 Å². The van der Waals surface area contributed by atoms with E-state index in [1.165, 1.54) is 0 Å². The van der Waals surface area contributed by atoms with E-state index < -0.39 is 0 Å². The number of hydrogen-bond acceptors (Lipinski definition) is 5. The maximum atomic E-state index is 13.0. The Labute approximate surface area is 186 Å². The number of hydrogen-bond donors (Lipinski definition) is 1. The first-order chi connectivity index (χ1) is 15.0. The lowest BCUT2D eigenvalue weighted by Gasteiger charge is -2.30. The molecular formula is C24H38N4O3. The summed E-state index contributed by atoms with van der Waals surface area (Å²) >= 11 is 0. The Balaban J connectivity index is 1.50. The number of carbonyl (C=O) groups excluding carboxylic acids is 2. The number of carbonyl (C=O) groups is 2. The molecule has 7 nitrogen and oxygen atoms in total. The highest BCUT2D eigenvalue weighted by Crippen LogP contribution is 2.36. The van der Waals surface area contributed by atoms with E-state index in [-0.39, 0.29) is 23.8 Å². The molecule has 0 unspecified atom stereocenters. The SMILES string of the molecule is CCN(CC)C(=O)c1cnc(C)nc1C1CCC(CNC(=O)CC[C@H]2CCCO2)CC1. The molecule has 7 heteroatoms. The number of aromatic nitrogens is 2. The van der Waals surface area contributed by atoms with E-state index in [9.17, 15) is 9.59 Å². The molecule has 2 amide bonds. The van der Waals surface area contributed by atoms with Crippen molar-refractivity contribution in [2.75, 3.05) is 26.2 Å². The summed E-state index contributed by atoms with van der Waals surface area (Å²) < 4.78 is 5.60. The number of rotatable bonds is 9. The fraction of sp³-hybridized carbons (Fsp3) is 0.750. The number of amides is 2. The summed E-state index contributed by atoms with van der Waals surface area (Å²) in [5, 5.41) is 3.12. The normalized spacial score (nSPS) is 23.5. The van der Waals surface area contributed by atoms with Gasteiger partial charge in [0, 0.05) is 44.8 Å². The van der Waals surface area contributed by atoms with Gasteiger partial charge in [-0.1, -0.05) is 0 Å². The summed E-state index contributed by atoms with van der Waals surface area (Å²) in [5.41, 5.74) is 1.56. The number of ether oxygens (including phenoxy) is 1. The molecule has 1 saturated carbocycles. The molecule has 1 saturated heterocycles. The van der Waals surface area contributed by atoms with Gasteiger partial charge in [0.2, 0.25) is 5.91 Å². The minimum absolute atomic E-state index is 0.0284. The first-order valence-electron chi connectivity index (χ1n) is 12.0. The van der Waals surface area contributed by atoms with Crippen LogP contribution in [0, 0.1) is 12.8 Å². The lowest BCUT2D eigenvalue weighted by Crippen LogP contribution is -2.33. The molecule has 2 heterocycles. The van der Waals surface area contributed by atoms with Crippen LogP contribution in [0.5, 0.6) is 0 Å². The summed E-state index contributed by atoms with van der Waals surface area (Å²) in [7, 11) is 0. The average Bonchev–Trinajstić information content (AvgIpc) is 3.31. The number of nitrogens with zero attached hydrogens (tertiary/aromatic N) is 3. The van der Waals surface area contributed by atoms with Crippen molar-refractivity contribution in [1.82, 2.24) is 20.2 Å². The Morgan fingerprint density at radius 2 is 1.90 bits per heavy atom. The Bertz CT molecular complexity index is 736. The second kappa shape index (κ2) is 11.6. The maximum absolute atomic E-state index is 13.0. The molecule has 1 atom stereocenters. The molecule has 1 aliphatic carbocycles. The Morgan fingerprint density at radius 1 is 1.16 bits per heavy atom. The van der Waals surface area contributed by atoms with Crippen molar-refractivity contribution >= 4 is 11.8 Å². The van der Waals surface area contributed by atoms with Gasteiger partial charge in [-0.25, -0.2) is 9.97 Å². The van der Waals surface area contributed by atoms with Gasteiger partial charge in [-0.3, -0.25) is 9.59 Å². The molecule has 1 aliphatic heterocycles. The zero-order valence-corrected chi connectivity index (χ0v) is 19.4. The maximum Gasteiger partial charge on any atom is 0.257 e. The van der Waals surface area contributed by atoms with Crippen LogP contribution in [0.3, 0.4) is 0 Å². The number of nitrogens with one attached hydrogen (secondary N) is 1. The molecule has 0 bridgehead atoms. The lowest BCUT2D eigenvalue weighted by atomic mass is 9.79. The standard InChI is InChI=1S/C24H38N4O3/c1-4-28(5-2)24(30)21-16-25-17(3)27-23(21)19-10-8-18(9-11-19)15-26-22(29)13-12-20-7-6-14-31-20/h16,18-20H,4-15H2,1-3H3,(H,26,29)/t18?,19?,20-/m1/s1. The van der Waals surface area contributed by atoms with Crippen LogP contribution >= 0.6 is 0 Å². The van der Waals surface area contributed by atoms with E-state index in [1.54, 1.807) is 6.20 Å². The second-order valence-electron chi connectivity index (χ2n) is 8.89. The quantitative estimate of drug-likeness (QED) is 0.647. The molecule has 1 aromatic rings.